The average Bonchev–Trinajstić information content (AvgIpc) is 3.66. The molecule has 0 amide bonds. The Morgan fingerprint density at radius 2 is 1.74 bits per heavy atom. The molecular weight excluding hydrogens is 488 g/mol. The summed E-state index contributed by atoms with van der Waals surface area (Å²) >= 11 is 0. The first-order valence-corrected chi connectivity index (χ1v) is 13.5. The van der Waals surface area contributed by atoms with Crippen LogP contribution in [0.2, 0.25) is 0 Å². The fourth-order valence-corrected chi connectivity index (χ4v) is 6.50. The SMILES string of the molecule is C=Cc1c2[nH]c(c1C)/C=C1\N/C(=C3\c4[nH]c(c(C)c4C(=O)[C@@H]3C(=O)OC)/C=c3\[nH]/c(c(C)c3CC)=C\2)C[C@@H]1C. The van der Waals surface area contributed by atoms with Gasteiger partial charge in [0, 0.05) is 61.8 Å². The van der Waals surface area contributed by atoms with Crippen molar-refractivity contribution >= 4 is 41.6 Å². The van der Waals surface area contributed by atoms with E-state index in [1.165, 1.54) is 18.2 Å². The van der Waals surface area contributed by atoms with E-state index >= 15 is 0 Å². The number of methoxy groups -OCH3 is 1. The van der Waals surface area contributed by atoms with Gasteiger partial charge >= 0.3 is 5.97 Å². The summed E-state index contributed by atoms with van der Waals surface area (Å²) in [5, 5.41) is 5.62. The Morgan fingerprint density at radius 3 is 2.44 bits per heavy atom. The summed E-state index contributed by atoms with van der Waals surface area (Å²) < 4.78 is 5.11. The Labute approximate surface area is 227 Å². The van der Waals surface area contributed by atoms with E-state index in [0.29, 0.717) is 23.3 Å². The summed E-state index contributed by atoms with van der Waals surface area (Å²) in [6.45, 7) is 14.6. The van der Waals surface area contributed by atoms with Crippen molar-refractivity contribution in [2.45, 2.75) is 47.5 Å². The van der Waals surface area contributed by atoms with E-state index in [1.807, 2.05) is 13.0 Å². The van der Waals surface area contributed by atoms with Gasteiger partial charge in [-0.05, 0) is 74.1 Å². The minimum atomic E-state index is -0.983. The lowest BCUT2D eigenvalue weighted by Crippen LogP contribution is -2.24. The monoisotopic (exact) mass is 522 g/mol. The van der Waals surface area contributed by atoms with Gasteiger partial charge in [0.2, 0.25) is 0 Å². The molecule has 6 rings (SSSR count). The van der Waals surface area contributed by atoms with Crippen LogP contribution < -0.4 is 16.0 Å². The van der Waals surface area contributed by atoms with Gasteiger partial charge in [0.05, 0.1) is 12.8 Å². The van der Waals surface area contributed by atoms with E-state index < -0.39 is 11.9 Å². The molecule has 0 saturated carbocycles. The van der Waals surface area contributed by atoms with Crippen molar-refractivity contribution in [3.63, 3.8) is 0 Å². The Balaban J connectivity index is 1.72. The summed E-state index contributed by atoms with van der Waals surface area (Å²) in [6.07, 6.45) is 9.82. The van der Waals surface area contributed by atoms with Crippen molar-refractivity contribution < 1.29 is 14.3 Å². The Kier molecular flexibility index (Phi) is 5.72. The number of aromatic amines is 3. The molecule has 2 aliphatic heterocycles. The summed E-state index contributed by atoms with van der Waals surface area (Å²) in [5.41, 5.74) is 12.2. The number of esters is 1. The van der Waals surface area contributed by atoms with Crippen molar-refractivity contribution in [1.29, 1.82) is 0 Å². The fraction of sp³-hybridized carbons (Fsp3) is 0.312. The first kappa shape index (κ1) is 25.0. The Hall–Kier alpha value is -4.26. The van der Waals surface area contributed by atoms with Crippen LogP contribution in [0.1, 0.15) is 81.2 Å². The van der Waals surface area contributed by atoms with Crippen molar-refractivity contribution in [3.05, 3.63) is 84.8 Å². The third-order valence-electron chi connectivity index (χ3n) is 8.71. The highest BCUT2D eigenvalue weighted by molar-refractivity contribution is 6.24. The van der Waals surface area contributed by atoms with Crippen LogP contribution in [0.3, 0.4) is 0 Å². The average molecular weight is 523 g/mol. The predicted octanol–water partition coefficient (Wildman–Crippen LogP) is 4.14. The topological polar surface area (TPSA) is 103 Å². The molecule has 39 heavy (non-hydrogen) atoms. The van der Waals surface area contributed by atoms with Crippen molar-refractivity contribution in [1.82, 2.24) is 20.3 Å². The molecule has 1 saturated heterocycles. The summed E-state index contributed by atoms with van der Waals surface area (Å²) in [6, 6.07) is 0. The molecule has 3 aromatic rings. The van der Waals surface area contributed by atoms with Crippen molar-refractivity contribution in [2.24, 2.45) is 11.8 Å². The molecule has 200 valence electrons. The summed E-state index contributed by atoms with van der Waals surface area (Å²) in [4.78, 5) is 37.5. The zero-order valence-electron chi connectivity index (χ0n) is 23.3. The number of rotatable bonds is 3. The quantitative estimate of drug-likeness (QED) is 0.307. The second kappa shape index (κ2) is 8.90. The second-order valence-corrected chi connectivity index (χ2v) is 10.8. The largest absolute Gasteiger partial charge is 0.468 e. The van der Waals surface area contributed by atoms with Gasteiger partial charge < -0.3 is 25.0 Å². The van der Waals surface area contributed by atoms with Gasteiger partial charge in [0.25, 0.3) is 0 Å². The number of ether oxygens (including phenoxy) is 1. The molecule has 0 radical (unpaired) electrons. The first-order valence-electron chi connectivity index (χ1n) is 13.5. The molecule has 3 aliphatic rings. The number of carbonyl (C=O) groups excluding carboxylic acids is 2. The van der Waals surface area contributed by atoms with E-state index in [4.69, 9.17) is 4.74 Å². The van der Waals surface area contributed by atoms with Gasteiger partial charge in [-0.3, -0.25) is 9.59 Å². The molecule has 8 bridgehead atoms. The number of carbonyl (C=O) groups is 2. The van der Waals surface area contributed by atoms with Gasteiger partial charge in [-0.15, -0.1) is 0 Å². The van der Waals surface area contributed by atoms with Crippen LogP contribution >= 0.6 is 0 Å². The minimum Gasteiger partial charge on any atom is -0.468 e. The van der Waals surface area contributed by atoms with E-state index in [9.17, 15) is 9.59 Å². The highest BCUT2D eigenvalue weighted by Crippen LogP contribution is 2.45. The summed E-state index contributed by atoms with van der Waals surface area (Å²) in [7, 11) is 1.34. The highest BCUT2D eigenvalue weighted by Gasteiger charge is 2.46. The number of H-pyrrole nitrogens is 3. The molecule has 7 nitrogen and oxygen atoms in total. The van der Waals surface area contributed by atoms with Crippen LogP contribution in [0.15, 0.2) is 18.0 Å². The lowest BCUT2D eigenvalue weighted by atomic mass is 9.95. The molecule has 3 aromatic heterocycles. The van der Waals surface area contributed by atoms with Crippen LogP contribution in [-0.2, 0) is 16.0 Å². The molecule has 0 aromatic carbocycles. The lowest BCUT2D eigenvalue weighted by molar-refractivity contribution is -0.141. The van der Waals surface area contributed by atoms with Crippen LogP contribution in [-0.4, -0.2) is 33.8 Å². The lowest BCUT2D eigenvalue weighted by Gasteiger charge is -2.13. The number of aromatic nitrogens is 3. The zero-order valence-corrected chi connectivity index (χ0v) is 23.3. The second-order valence-electron chi connectivity index (χ2n) is 10.8. The molecule has 1 aliphatic carbocycles. The zero-order chi connectivity index (χ0) is 27.7. The van der Waals surface area contributed by atoms with Gasteiger partial charge in [-0.1, -0.05) is 26.5 Å². The molecule has 1 fully saturated rings. The smallest absolute Gasteiger partial charge is 0.321 e. The number of allylic oxidation sites excluding steroid dienone is 2. The van der Waals surface area contributed by atoms with Gasteiger partial charge in [0.15, 0.2) is 5.78 Å². The minimum absolute atomic E-state index is 0.171. The maximum atomic E-state index is 13.7. The van der Waals surface area contributed by atoms with Crippen molar-refractivity contribution in [3.8, 4) is 0 Å². The molecule has 7 heteroatoms. The highest BCUT2D eigenvalue weighted by atomic mass is 16.5. The number of fused-ring (bicyclic) bond motifs is 7. The summed E-state index contributed by atoms with van der Waals surface area (Å²) in [5.74, 6) is -1.56. The van der Waals surface area contributed by atoms with Gasteiger partial charge in [-0.2, -0.15) is 0 Å². The molecule has 5 heterocycles. The van der Waals surface area contributed by atoms with E-state index in [0.717, 1.165) is 62.3 Å². The number of ketones is 1. The van der Waals surface area contributed by atoms with Crippen LogP contribution in [0, 0.1) is 32.6 Å². The van der Waals surface area contributed by atoms with Crippen LogP contribution in [0.5, 0.6) is 0 Å². The third kappa shape index (κ3) is 3.56. The molecular formula is C32H34N4O3. The van der Waals surface area contributed by atoms with Crippen LogP contribution in [0.25, 0.3) is 29.9 Å². The van der Waals surface area contributed by atoms with E-state index in [2.05, 4.69) is 72.8 Å². The van der Waals surface area contributed by atoms with Gasteiger partial charge in [-0.25, -0.2) is 0 Å². The molecule has 0 spiro atoms. The van der Waals surface area contributed by atoms with Gasteiger partial charge in [0.1, 0.15) is 5.92 Å². The predicted molar refractivity (Wildman–Crippen MR) is 154 cm³/mol. The van der Waals surface area contributed by atoms with Crippen LogP contribution in [0.4, 0.5) is 0 Å². The molecule has 2 atom stereocenters. The number of hydrogen-bond acceptors (Lipinski definition) is 4. The molecule has 0 unspecified atom stereocenters. The normalized spacial score (nSPS) is 24.4. The first-order chi connectivity index (χ1) is 18.7. The number of nitrogens with one attached hydrogen (secondary N) is 4. The maximum Gasteiger partial charge on any atom is 0.321 e. The van der Waals surface area contributed by atoms with E-state index in [1.54, 1.807) is 0 Å². The molecule has 4 N–H and O–H groups in total. The third-order valence-corrected chi connectivity index (χ3v) is 8.71. The Morgan fingerprint density at radius 1 is 1.03 bits per heavy atom. The van der Waals surface area contributed by atoms with E-state index in [-0.39, 0.29) is 11.7 Å². The standard InChI is InChI=1S/C32H34N4O3/c1-8-18-15(4)21-11-20-14(3)10-26(33-20)28-29(32(38)39-7)31(37)27-17(6)23(36-30(27)28)13-25-19(9-2)16(5)22(35-25)12-24(18)34-21/h8,11-14,29,33-36H,1,9-10H2,2-7H3/b20-11-,22-12-,25-13-,28-26-/t14-,29+/m0/s1. The Bertz CT molecular complexity index is 1790. The number of hydrogen-bond donors (Lipinski definition) is 4. The number of Topliss-reactive ketones (excluding diaryl/α,β-unsaturated/α-hetero) is 1. The maximum absolute atomic E-state index is 13.7. The van der Waals surface area contributed by atoms with Crippen molar-refractivity contribution in [2.75, 3.05) is 7.11 Å². The fourth-order valence-electron chi connectivity index (χ4n) is 6.50.